The van der Waals surface area contributed by atoms with Crippen LogP contribution in [0.4, 0.5) is 0 Å². The summed E-state index contributed by atoms with van der Waals surface area (Å²) in [6, 6.07) is -0.116. The molecule has 82 valence electrons. The van der Waals surface area contributed by atoms with E-state index in [0.717, 1.165) is 25.8 Å². The van der Waals surface area contributed by atoms with Gasteiger partial charge in [0.2, 0.25) is 5.91 Å². The third-order valence-corrected chi connectivity index (χ3v) is 2.92. The Morgan fingerprint density at radius 2 is 2.36 bits per heavy atom. The van der Waals surface area contributed by atoms with Gasteiger partial charge in [0.15, 0.2) is 0 Å². The van der Waals surface area contributed by atoms with Crippen molar-refractivity contribution in [3.63, 3.8) is 0 Å². The van der Waals surface area contributed by atoms with Crippen LogP contribution in [0.3, 0.4) is 0 Å². The van der Waals surface area contributed by atoms with Crippen LogP contribution in [0, 0.1) is 0 Å². The van der Waals surface area contributed by atoms with Crippen molar-refractivity contribution >= 4 is 5.91 Å². The molecule has 1 saturated heterocycles. The van der Waals surface area contributed by atoms with Crippen LogP contribution < -0.4 is 5.32 Å². The first kappa shape index (κ1) is 11.5. The molecule has 0 aromatic carbocycles. The van der Waals surface area contributed by atoms with Crippen LogP contribution in [-0.2, 0) is 4.79 Å². The second kappa shape index (κ2) is 5.32. The molecule has 0 radical (unpaired) electrons. The molecule has 0 aliphatic carbocycles. The van der Waals surface area contributed by atoms with Crippen molar-refractivity contribution in [3.8, 4) is 0 Å². The van der Waals surface area contributed by atoms with Crippen molar-refractivity contribution in [3.05, 3.63) is 0 Å². The molecule has 0 aromatic rings. The highest BCUT2D eigenvalue weighted by Crippen LogP contribution is 2.17. The number of amides is 1. The fraction of sp³-hybridized carbons (Fsp3) is 0.900. The number of nitrogens with one attached hydrogen (secondary N) is 1. The number of carbonyl (C=O) groups is 1. The summed E-state index contributed by atoms with van der Waals surface area (Å²) in [6.45, 7) is 2.73. The number of nitrogens with zero attached hydrogens (tertiary/aromatic N) is 1. The summed E-state index contributed by atoms with van der Waals surface area (Å²) < 4.78 is 0. The molecule has 2 unspecified atom stereocenters. The molecule has 4 nitrogen and oxygen atoms in total. The summed E-state index contributed by atoms with van der Waals surface area (Å²) in [5.74, 6) is 0.103. The predicted molar refractivity (Wildman–Crippen MR) is 55.0 cm³/mol. The maximum atomic E-state index is 11.9. The monoisotopic (exact) mass is 200 g/mol. The average molecular weight is 200 g/mol. The number of hydrogen-bond acceptors (Lipinski definition) is 3. The number of likely N-dealkylation sites (N-methyl/N-ethyl adjacent to an activating group) is 1. The Hall–Kier alpha value is -0.610. The van der Waals surface area contributed by atoms with E-state index in [9.17, 15) is 4.79 Å². The molecule has 0 bridgehead atoms. The zero-order valence-electron chi connectivity index (χ0n) is 8.99. The predicted octanol–water partition coefficient (Wildman–Crippen LogP) is -0.0323. The first-order valence-corrected chi connectivity index (χ1v) is 5.29. The highest BCUT2D eigenvalue weighted by molar-refractivity contribution is 5.81. The maximum absolute atomic E-state index is 11.9. The first-order chi connectivity index (χ1) is 6.70. The van der Waals surface area contributed by atoms with E-state index in [1.807, 2.05) is 11.8 Å². The van der Waals surface area contributed by atoms with Crippen molar-refractivity contribution in [2.75, 3.05) is 20.2 Å². The lowest BCUT2D eigenvalue weighted by molar-refractivity contribution is -0.137. The summed E-state index contributed by atoms with van der Waals surface area (Å²) in [4.78, 5) is 13.7. The van der Waals surface area contributed by atoms with E-state index in [1.54, 1.807) is 7.05 Å². The molecule has 0 saturated carbocycles. The standard InChI is InChI=1S/C10H20N2O2/c1-8(11-2)10(14)12-6-4-3-5-9(12)7-13/h8-9,11,13H,3-7H2,1-2H3. The van der Waals surface area contributed by atoms with E-state index in [-0.39, 0.29) is 24.6 Å². The molecule has 1 rings (SSSR count). The molecule has 4 heteroatoms. The van der Waals surface area contributed by atoms with Crippen LogP contribution in [0.25, 0.3) is 0 Å². The first-order valence-electron chi connectivity index (χ1n) is 5.29. The van der Waals surface area contributed by atoms with Gasteiger partial charge in [0.25, 0.3) is 0 Å². The summed E-state index contributed by atoms with van der Waals surface area (Å²) in [5, 5.41) is 12.1. The number of aliphatic hydroxyl groups excluding tert-OH is 1. The lowest BCUT2D eigenvalue weighted by Gasteiger charge is -2.36. The van der Waals surface area contributed by atoms with Crippen molar-refractivity contribution in [1.82, 2.24) is 10.2 Å². The molecule has 1 fully saturated rings. The zero-order valence-corrected chi connectivity index (χ0v) is 8.99. The minimum atomic E-state index is -0.151. The molecule has 14 heavy (non-hydrogen) atoms. The largest absolute Gasteiger partial charge is 0.394 e. The summed E-state index contributed by atoms with van der Waals surface area (Å²) >= 11 is 0. The Morgan fingerprint density at radius 1 is 1.64 bits per heavy atom. The minimum absolute atomic E-state index is 0.0343. The van der Waals surface area contributed by atoms with E-state index in [1.165, 1.54) is 0 Å². The number of carbonyl (C=O) groups excluding carboxylic acids is 1. The van der Waals surface area contributed by atoms with Gasteiger partial charge in [-0.3, -0.25) is 4.79 Å². The van der Waals surface area contributed by atoms with Gasteiger partial charge < -0.3 is 15.3 Å². The SMILES string of the molecule is CNC(C)C(=O)N1CCCCC1CO. The number of hydrogen-bond donors (Lipinski definition) is 2. The Bertz CT molecular complexity index is 197. The number of piperidine rings is 1. The molecule has 1 aliphatic rings. The van der Waals surface area contributed by atoms with Crippen LogP contribution in [0.5, 0.6) is 0 Å². The van der Waals surface area contributed by atoms with Crippen LogP contribution >= 0.6 is 0 Å². The van der Waals surface area contributed by atoms with Gasteiger partial charge in [-0.05, 0) is 33.2 Å². The van der Waals surface area contributed by atoms with Gasteiger partial charge in [0.1, 0.15) is 0 Å². The smallest absolute Gasteiger partial charge is 0.239 e. The maximum Gasteiger partial charge on any atom is 0.239 e. The molecule has 2 N–H and O–H groups in total. The lowest BCUT2D eigenvalue weighted by atomic mass is 10.0. The Morgan fingerprint density at radius 3 is 2.93 bits per heavy atom. The van der Waals surface area contributed by atoms with Crippen molar-refractivity contribution in [2.24, 2.45) is 0 Å². The quantitative estimate of drug-likeness (QED) is 0.672. The van der Waals surface area contributed by atoms with Gasteiger partial charge in [-0.25, -0.2) is 0 Å². The minimum Gasteiger partial charge on any atom is -0.394 e. The number of aliphatic hydroxyl groups is 1. The van der Waals surface area contributed by atoms with Gasteiger partial charge in [-0.2, -0.15) is 0 Å². The average Bonchev–Trinajstić information content (AvgIpc) is 2.26. The van der Waals surface area contributed by atoms with Crippen LogP contribution in [0.15, 0.2) is 0 Å². The van der Waals surface area contributed by atoms with E-state index < -0.39 is 0 Å². The van der Waals surface area contributed by atoms with Crippen LogP contribution in [0.2, 0.25) is 0 Å². The van der Waals surface area contributed by atoms with E-state index in [2.05, 4.69) is 5.32 Å². The van der Waals surface area contributed by atoms with Crippen LogP contribution in [0.1, 0.15) is 26.2 Å². The van der Waals surface area contributed by atoms with Crippen molar-refractivity contribution < 1.29 is 9.90 Å². The zero-order chi connectivity index (χ0) is 10.6. The van der Waals surface area contributed by atoms with Gasteiger partial charge >= 0.3 is 0 Å². The summed E-state index contributed by atoms with van der Waals surface area (Å²) in [7, 11) is 1.78. The topological polar surface area (TPSA) is 52.6 Å². The Balaban J connectivity index is 2.58. The highest BCUT2D eigenvalue weighted by atomic mass is 16.3. The third kappa shape index (κ3) is 2.45. The molecule has 1 aliphatic heterocycles. The number of rotatable bonds is 3. The normalized spacial score (nSPS) is 24.8. The molecule has 2 atom stereocenters. The van der Waals surface area contributed by atoms with Gasteiger partial charge in [-0.1, -0.05) is 0 Å². The van der Waals surface area contributed by atoms with Gasteiger partial charge in [0.05, 0.1) is 18.7 Å². The van der Waals surface area contributed by atoms with Crippen molar-refractivity contribution in [2.45, 2.75) is 38.3 Å². The van der Waals surface area contributed by atoms with E-state index >= 15 is 0 Å². The van der Waals surface area contributed by atoms with Gasteiger partial charge in [0, 0.05) is 6.54 Å². The second-order valence-corrected chi connectivity index (χ2v) is 3.87. The van der Waals surface area contributed by atoms with Crippen LogP contribution in [-0.4, -0.2) is 48.2 Å². The molecular formula is C10H20N2O2. The highest BCUT2D eigenvalue weighted by Gasteiger charge is 2.28. The molecule has 0 aromatic heterocycles. The Labute approximate surface area is 85.3 Å². The molecule has 1 heterocycles. The lowest BCUT2D eigenvalue weighted by Crippen LogP contribution is -2.51. The summed E-state index contributed by atoms with van der Waals surface area (Å²) in [6.07, 6.45) is 3.10. The van der Waals surface area contributed by atoms with Crippen molar-refractivity contribution in [1.29, 1.82) is 0 Å². The van der Waals surface area contributed by atoms with E-state index in [4.69, 9.17) is 5.11 Å². The fourth-order valence-corrected chi connectivity index (χ4v) is 1.85. The molecular weight excluding hydrogens is 180 g/mol. The Kier molecular flexibility index (Phi) is 4.35. The third-order valence-electron chi connectivity index (χ3n) is 2.92. The molecule has 0 spiro atoms. The van der Waals surface area contributed by atoms with E-state index in [0.29, 0.717) is 0 Å². The second-order valence-electron chi connectivity index (χ2n) is 3.87. The number of likely N-dealkylation sites (tertiary alicyclic amines) is 1. The summed E-state index contributed by atoms with van der Waals surface area (Å²) in [5.41, 5.74) is 0. The van der Waals surface area contributed by atoms with Gasteiger partial charge in [-0.15, -0.1) is 0 Å². The fourth-order valence-electron chi connectivity index (χ4n) is 1.85. The molecule has 1 amide bonds.